The van der Waals surface area contributed by atoms with E-state index in [-0.39, 0.29) is 12.5 Å². The molecule has 0 radical (unpaired) electrons. The first-order valence-corrected chi connectivity index (χ1v) is 5.64. The van der Waals surface area contributed by atoms with Crippen molar-refractivity contribution in [2.24, 2.45) is 0 Å². The molecule has 5 nitrogen and oxygen atoms in total. The predicted molar refractivity (Wildman–Crippen MR) is 67.7 cm³/mol. The van der Waals surface area contributed by atoms with Crippen molar-refractivity contribution >= 4 is 5.91 Å². The van der Waals surface area contributed by atoms with E-state index in [1.165, 1.54) is 35.7 Å². The van der Waals surface area contributed by atoms with Crippen LogP contribution >= 0.6 is 0 Å². The van der Waals surface area contributed by atoms with Gasteiger partial charge in [0.2, 0.25) is 0 Å². The second-order valence-corrected chi connectivity index (χ2v) is 3.89. The third kappa shape index (κ3) is 3.13. The van der Waals surface area contributed by atoms with Crippen molar-refractivity contribution in [2.75, 3.05) is 6.54 Å². The van der Waals surface area contributed by atoms with Crippen LogP contribution in [0.3, 0.4) is 0 Å². The molecule has 2 aromatic rings. The number of nitrogens with zero attached hydrogens (tertiary/aromatic N) is 2. The van der Waals surface area contributed by atoms with Crippen LogP contribution in [0.1, 0.15) is 16.1 Å². The summed E-state index contributed by atoms with van der Waals surface area (Å²) in [5, 5.41) is 10.9. The molecule has 0 saturated heterocycles. The van der Waals surface area contributed by atoms with E-state index < -0.39 is 0 Å². The lowest BCUT2D eigenvalue weighted by atomic mass is 10.2. The Kier molecular flexibility index (Phi) is 3.84. The largest absolute Gasteiger partial charge is 0.619 e. The third-order valence-electron chi connectivity index (χ3n) is 2.55. The van der Waals surface area contributed by atoms with Crippen LogP contribution in [-0.2, 0) is 6.54 Å². The minimum absolute atomic E-state index is 0.172. The standard InChI is InChI=1S/C14H12N2O3/c1-2-7-15(11-13-4-3-10-19-13)14(17)12-5-8-16(18)9-6-12/h1,3-6,8-10H,7,11H2. The van der Waals surface area contributed by atoms with Gasteiger partial charge < -0.3 is 14.5 Å². The molecule has 0 bridgehead atoms. The van der Waals surface area contributed by atoms with Crippen molar-refractivity contribution in [1.82, 2.24) is 4.90 Å². The molecule has 0 aliphatic rings. The fraction of sp³-hybridized carbons (Fsp3) is 0.143. The van der Waals surface area contributed by atoms with E-state index >= 15 is 0 Å². The number of rotatable bonds is 4. The van der Waals surface area contributed by atoms with Crippen LogP contribution in [0.5, 0.6) is 0 Å². The van der Waals surface area contributed by atoms with Crippen molar-refractivity contribution in [3.05, 3.63) is 59.5 Å². The number of aromatic nitrogens is 1. The first-order valence-electron chi connectivity index (χ1n) is 5.64. The van der Waals surface area contributed by atoms with Gasteiger partial charge in [0.1, 0.15) is 5.76 Å². The normalized spacial score (nSPS) is 9.84. The van der Waals surface area contributed by atoms with Crippen molar-refractivity contribution in [2.45, 2.75) is 6.54 Å². The van der Waals surface area contributed by atoms with Crippen LogP contribution in [0.4, 0.5) is 0 Å². The molecular formula is C14H12N2O3. The molecule has 1 amide bonds. The van der Waals surface area contributed by atoms with Gasteiger partial charge in [-0.05, 0) is 12.1 Å². The smallest absolute Gasteiger partial charge is 0.255 e. The number of carbonyl (C=O) groups is 1. The molecule has 0 saturated carbocycles. The fourth-order valence-electron chi connectivity index (χ4n) is 1.64. The monoisotopic (exact) mass is 256 g/mol. The van der Waals surface area contributed by atoms with Gasteiger partial charge in [-0.2, -0.15) is 4.73 Å². The van der Waals surface area contributed by atoms with Crippen LogP contribution in [0.15, 0.2) is 47.3 Å². The maximum atomic E-state index is 12.2. The summed E-state index contributed by atoms with van der Waals surface area (Å²) < 4.78 is 5.82. The first-order chi connectivity index (χ1) is 9.20. The van der Waals surface area contributed by atoms with Gasteiger partial charge in [0.05, 0.1) is 24.9 Å². The summed E-state index contributed by atoms with van der Waals surface area (Å²) in [7, 11) is 0. The Morgan fingerprint density at radius 2 is 2.16 bits per heavy atom. The number of amides is 1. The van der Waals surface area contributed by atoms with E-state index in [9.17, 15) is 10.0 Å². The number of hydrogen-bond acceptors (Lipinski definition) is 3. The van der Waals surface area contributed by atoms with Crippen LogP contribution in [-0.4, -0.2) is 17.4 Å². The quantitative estimate of drug-likeness (QED) is 0.469. The van der Waals surface area contributed by atoms with Crippen LogP contribution < -0.4 is 4.73 Å². The lowest BCUT2D eigenvalue weighted by molar-refractivity contribution is -0.605. The van der Waals surface area contributed by atoms with Gasteiger partial charge in [0, 0.05) is 12.1 Å². The molecule has 2 rings (SSSR count). The van der Waals surface area contributed by atoms with Crippen molar-refractivity contribution in [3.63, 3.8) is 0 Å². The number of hydrogen-bond donors (Lipinski definition) is 0. The number of furan rings is 1. The van der Waals surface area contributed by atoms with E-state index in [0.717, 1.165) is 0 Å². The van der Waals surface area contributed by atoms with Crippen molar-refractivity contribution in [3.8, 4) is 12.3 Å². The second-order valence-electron chi connectivity index (χ2n) is 3.89. The highest BCUT2D eigenvalue weighted by atomic mass is 16.5. The average molecular weight is 256 g/mol. The zero-order valence-corrected chi connectivity index (χ0v) is 10.2. The lowest BCUT2D eigenvalue weighted by Crippen LogP contribution is -2.32. The van der Waals surface area contributed by atoms with Gasteiger partial charge in [-0.1, -0.05) is 5.92 Å². The van der Waals surface area contributed by atoms with E-state index in [2.05, 4.69) is 5.92 Å². The maximum Gasteiger partial charge on any atom is 0.255 e. The molecule has 0 aromatic carbocycles. The molecule has 2 heterocycles. The summed E-state index contributed by atoms with van der Waals surface area (Å²) in [6.45, 7) is 0.466. The Balaban J connectivity index is 2.16. The highest BCUT2D eigenvalue weighted by Crippen LogP contribution is 2.09. The summed E-state index contributed by atoms with van der Waals surface area (Å²) in [5.74, 6) is 2.85. The highest BCUT2D eigenvalue weighted by molar-refractivity contribution is 5.94. The topological polar surface area (TPSA) is 60.4 Å². The molecule has 96 valence electrons. The number of pyridine rings is 1. The van der Waals surface area contributed by atoms with Gasteiger partial charge in [-0.25, -0.2) is 0 Å². The summed E-state index contributed by atoms with van der Waals surface area (Å²) in [6.07, 6.45) is 9.35. The van der Waals surface area contributed by atoms with Gasteiger partial charge in [-0.3, -0.25) is 4.79 Å². The molecule has 0 atom stereocenters. The fourth-order valence-corrected chi connectivity index (χ4v) is 1.64. The Hall–Kier alpha value is -2.74. The van der Waals surface area contributed by atoms with Gasteiger partial charge >= 0.3 is 0 Å². The Labute approximate surface area is 110 Å². The van der Waals surface area contributed by atoms with Crippen molar-refractivity contribution < 1.29 is 13.9 Å². The average Bonchev–Trinajstić information content (AvgIpc) is 2.91. The highest BCUT2D eigenvalue weighted by Gasteiger charge is 2.17. The van der Waals surface area contributed by atoms with Crippen LogP contribution in [0.25, 0.3) is 0 Å². The molecule has 0 spiro atoms. The molecule has 0 fully saturated rings. The molecule has 2 aromatic heterocycles. The Morgan fingerprint density at radius 3 is 2.74 bits per heavy atom. The lowest BCUT2D eigenvalue weighted by Gasteiger charge is -2.18. The number of terminal acetylenes is 1. The molecular weight excluding hydrogens is 244 g/mol. The van der Waals surface area contributed by atoms with Gasteiger partial charge in [0.25, 0.3) is 5.91 Å². The molecule has 0 N–H and O–H groups in total. The molecule has 19 heavy (non-hydrogen) atoms. The molecule has 0 aliphatic heterocycles. The third-order valence-corrected chi connectivity index (χ3v) is 2.55. The zero-order chi connectivity index (χ0) is 13.7. The van der Waals surface area contributed by atoms with Gasteiger partial charge in [0.15, 0.2) is 12.4 Å². The zero-order valence-electron chi connectivity index (χ0n) is 10.2. The first kappa shape index (κ1) is 12.7. The van der Waals surface area contributed by atoms with Crippen LogP contribution in [0.2, 0.25) is 0 Å². The van der Waals surface area contributed by atoms with Gasteiger partial charge in [-0.15, -0.1) is 6.42 Å². The molecule has 0 aliphatic carbocycles. The van der Waals surface area contributed by atoms with Crippen molar-refractivity contribution in [1.29, 1.82) is 0 Å². The summed E-state index contributed by atoms with van der Waals surface area (Å²) in [4.78, 5) is 13.7. The SMILES string of the molecule is C#CCN(Cc1ccco1)C(=O)c1cc[n+]([O-])cc1. The minimum Gasteiger partial charge on any atom is -0.619 e. The Morgan fingerprint density at radius 1 is 1.42 bits per heavy atom. The second kappa shape index (κ2) is 5.74. The number of carbonyl (C=O) groups excluding carboxylic acids is 1. The summed E-state index contributed by atoms with van der Waals surface area (Å²) in [6, 6.07) is 6.44. The predicted octanol–water partition coefficient (Wildman–Crippen LogP) is 1.19. The summed E-state index contributed by atoms with van der Waals surface area (Å²) in [5.41, 5.74) is 0.411. The van der Waals surface area contributed by atoms with E-state index in [1.807, 2.05) is 0 Å². The molecule has 5 heteroatoms. The molecule has 0 unspecified atom stereocenters. The van der Waals surface area contributed by atoms with E-state index in [1.54, 1.807) is 12.1 Å². The maximum absolute atomic E-state index is 12.2. The Bertz CT molecular complexity index is 582. The van der Waals surface area contributed by atoms with Crippen LogP contribution in [0, 0.1) is 17.6 Å². The van der Waals surface area contributed by atoms with E-state index in [0.29, 0.717) is 22.6 Å². The summed E-state index contributed by atoms with van der Waals surface area (Å²) >= 11 is 0. The minimum atomic E-state index is -0.241. The van der Waals surface area contributed by atoms with E-state index in [4.69, 9.17) is 10.8 Å².